The molecule has 0 spiro atoms. The highest BCUT2D eigenvalue weighted by molar-refractivity contribution is 7.89. The van der Waals surface area contributed by atoms with Gasteiger partial charge in [0.05, 0.1) is 4.90 Å². The van der Waals surface area contributed by atoms with E-state index in [0.717, 1.165) is 36.8 Å². The molecule has 0 unspecified atom stereocenters. The van der Waals surface area contributed by atoms with E-state index in [1.165, 1.54) is 6.42 Å². The normalized spacial score (nSPS) is 18.5. The van der Waals surface area contributed by atoms with Crippen molar-refractivity contribution in [3.63, 3.8) is 0 Å². The van der Waals surface area contributed by atoms with Crippen molar-refractivity contribution in [3.8, 4) is 0 Å². The van der Waals surface area contributed by atoms with Crippen LogP contribution in [-0.4, -0.2) is 25.8 Å². The number of benzene rings is 1. The average molecular weight is 296 g/mol. The van der Waals surface area contributed by atoms with Crippen LogP contribution in [0, 0.1) is 6.92 Å². The Morgan fingerprint density at radius 1 is 1.10 bits per heavy atom. The van der Waals surface area contributed by atoms with E-state index in [1.807, 2.05) is 13.0 Å². The van der Waals surface area contributed by atoms with Crippen LogP contribution in [0.5, 0.6) is 0 Å². The van der Waals surface area contributed by atoms with Crippen LogP contribution in [0.2, 0.25) is 0 Å². The Hall–Kier alpha value is -0.910. The van der Waals surface area contributed by atoms with Gasteiger partial charge in [-0.25, -0.2) is 8.42 Å². The fourth-order valence-electron chi connectivity index (χ4n) is 2.67. The molecular weight excluding hydrogens is 272 g/mol. The van der Waals surface area contributed by atoms with Crippen LogP contribution >= 0.6 is 0 Å². The molecule has 1 aliphatic heterocycles. The zero-order chi connectivity index (χ0) is 14.6. The molecule has 1 saturated heterocycles. The molecule has 0 aliphatic carbocycles. The van der Waals surface area contributed by atoms with Crippen molar-refractivity contribution < 1.29 is 8.42 Å². The molecule has 1 aromatic carbocycles. The third-order valence-corrected chi connectivity index (χ3v) is 5.88. The van der Waals surface area contributed by atoms with Crippen molar-refractivity contribution in [2.45, 2.75) is 50.5 Å². The predicted molar refractivity (Wildman–Crippen MR) is 80.9 cm³/mol. The van der Waals surface area contributed by atoms with Gasteiger partial charge in [-0.1, -0.05) is 25.3 Å². The number of hydrogen-bond donors (Lipinski definition) is 1. The second-order valence-electron chi connectivity index (χ2n) is 5.46. The molecule has 1 heterocycles. The highest BCUT2D eigenvalue weighted by Gasteiger charge is 2.24. The van der Waals surface area contributed by atoms with E-state index < -0.39 is 10.0 Å². The molecule has 1 fully saturated rings. The van der Waals surface area contributed by atoms with Crippen LogP contribution in [0.3, 0.4) is 0 Å². The quantitative estimate of drug-likeness (QED) is 0.931. The zero-order valence-electron chi connectivity index (χ0n) is 12.1. The second kappa shape index (κ2) is 6.70. The first-order valence-corrected chi connectivity index (χ1v) is 8.79. The van der Waals surface area contributed by atoms with Gasteiger partial charge in [0.25, 0.3) is 0 Å². The number of nitrogens with zero attached hydrogens (tertiary/aromatic N) is 1. The van der Waals surface area contributed by atoms with Crippen LogP contribution in [0.15, 0.2) is 23.1 Å². The number of sulfonamides is 1. The summed E-state index contributed by atoms with van der Waals surface area (Å²) in [5.41, 5.74) is 7.57. The summed E-state index contributed by atoms with van der Waals surface area (Å²) >= 11 is 0. The van der Waals surface area contributed by atoms with E-state index in [9.17, 15) is 8.42 Å². The molecule has 1 aromatic rings. The first-order chi connectivity index (χ1) is 9.55. The van der Waals surface area contributed by atoms with Crippen LogP contribution < -0.4 is 5.73 Å². The van der Waals surface area contributed by atoms with E-state index in [0.29, 0.717) is 24.5 Å². The topological polar surface area (TPSA) is 63.4 Å². The Balaban J connectivity index is 2.26. The van der Waals surface area contributed by atoms with Crippen molar-refractivity contribution in [3.05, 3.63) is 29.3 Å². The molecule has 0 amide bonds. The Morgan fingerprint density at radius 2 is 1.70 bits per heavy atom. The minimum Gasteiger partial charge on any atom is -0.326 e. The maximum absolute atomic E-state index is 12.7. The number of aryl methyl sites for hydroxylation is 1. The lowest BCUT2D eigenvalue weighted by Gasteiger charge is -2.24. The SMILES string of the molecule is Cc1cc(S(=O)(=O)N2CCCCCCC2)ccc1CN. The first-order valence-electron chi connectivity index (χ1n) is 7.35. The van der Waals surface area contributed by atoms with Gasteiger partial charge in [0, 0.05) is 19.6 Å². The molecule has 0 saturated carbocycles. The summed E-state index contributed by atoms with van der Waals surface area (Å²) < 4.78 is 27.0. The van der Waals surface area contributed by atoms with E-state index in [4.69, 9.17) is 5.73 Å². The van der Waals surface area contributed by atoms with Crippen LogP contribution in [0.25, 0.3) is 0 Å². The molecule has 1 aliphatic rings. The minimum atomic E-state index is -3.36. The fourth-order valence-corrected chi connectivity index (χ4v) is 4.27. The van der Waals surface area contributed by atoms with Gasteiger partial charge in [0.2, 0.25) is 10.0 Å². The first kappa shape index (κ1) is 15.5. The van der Waals surface area contributed by atoms with Crippen molar-refractivity contribution in [1.29, 1.82) is 0 Å². The molecule has 0 aromatic heterocycles. The fraction of sp³-hybridized carbons (Fsp3) is 0.600. The summed E-state index contributed by atoms with van der Waals surface area (Å²) in [4.78, 5) is 0.396. The smallest absolute Gasteiger partial charge is 0.243 e. The molecule has 2 N–H and O–H groups in total. The van der Waals surface area contributed by atoms with Gasteiger partial charge in [-0.3, -0.25) is 0 Å². The summed E-state index contributed by atoms with van der Waals surface area (Å²) in [5.74, 6) is 0. The molecule has 2 rings (SSSR count). The summed E-state index contributed by atoms with van der Waals surface area (Å²) in [6, 6.07) is 5.26. The number of rotatable bonds is 3. The van der Waals surface area contributed by atoms with Gasteiger partial charge in [-0.15, -0.1) is 0 Å². The zero-order valence-corrected chi connectivity index (χ0v) is 13.0. The minimum absolute atomic E-state index is 0.396. The van der Waals surface area contributed by atoms with Crippen LogP contribution in [0.4, 0.5) is 0 Å². The van der Waals surface area contributed by atoms with Gasteiger partial charge >= 0.3 is 0 Å². The monoisotopic (exact) mass is 296 g/mol. The van der Waals surface area contributed by atoms with Crippen molar-refractivity contribution in [2.24, 2.45) is 5.73 Å². The van der Waals surface area contributed by atoms with E-state index in [1.54, 1.807) is 16.4 Å². The van der Waals surface area contributed by atoms with Gasteiger partial charge in [0.15, 0.2) is 0 Å². The van der Waals surface area contributed by atoms with Crippen molar-refractivity contribution in [1.82, 2.24) is 4.31 Å². The maximum atomic E-state index is 12.7. The van der Waals surface area contributed by atoms with E-state index >= 15 is 0 Å². The summed E-state index contributed by atoms with van der Waals surface area (Å²) in [5, 5.41) is 0. The second-order valence-corrected chi connectivity index (χ2v) is 7.40. The van der Waals surface area contributed by atoms with Crippen molar-refractivity contribution in [2.75, 3.05) is 13.1 Å². The Kier molecular flexibility index (Phi) is 5.18. The lowest BCUT2D eigenvalue weighted by molar-refractivity contribution is 0.364. The molecular formula is C15H24N2O2S. The molecule has 4 nitrogen and oxygen atoms in total. The predicted octanol–water partition coefficient (Wildman–Crippen LogP) is 2.41. The van der Waals surface area contributed by atoms with Gasteiger partial charge in [0.1, 0.15) is 0 Å². The lowest BCUT2D eigenvalue weighted by atomic mass is 10.1. The molecule has 0 radical (unpaired) electrons. The Morgan fingerprint density at radius 3 is 2.25 bits per heavy atom. The summed E-state index contributed by atoms with van der Waals surface area (Å²) in [6.45, 7) is 3.63. The Labute approximate surface area is 122 Å². The molecule has 20 heavy (non-hydrogen) atoms. The highest BCUT2D eigenvalue weighted by Crippen LogP contribution is 2.22. The van der Waals surface area contributed by atoms with Crippen molar-refractivity contribution >= 4 is 10.0 Å². The van der Waals surface area contributed by atoms with E-state index in [2.05, 4.69) is 0 Å². The number of hydrogen-bond acceptors (Lipinski definition) is 3. The third-order valence-electron chi connectivity index (χ3n) is 3.99. The Bertz CT molecular complexity index is 547. The van der Waals surface area contributed by atoms with Crippen LogP contribution in [-0.2, 0) is 16.6 Å². The van der Waals surface area contributed by atoms with Gasteiger partial charge in [-0.05, 0) is 43.0 Å². The largest absolute Gasteiger partial charge is 0.326 e. The molecule has 0 atom stereocenters. The number of nitrogens with two attached hydrogens (primary N) is 1. The molecule has 0 bridgehead atoms. The molecule has 112 valence electrons. The average Bonchev–Trinajstić information content (AvgIpc) is 2.37. The highest BCUT2D eigenvalue weighted by atomic mass is 32.2. The standard InChI is InChI=1S/C15H24N2O2S/c1-13-11-15(8-7-14(13)12-16)20(18,19)17-9-5-3-2-4-6-10-17/h7-8,11H,2-6,9-10,12,16H2,1H3. The third kappa shape index (κ3) is 3.40. The van der Waals surface area contributed by atoms with Gasteiger partial charge < -0.3 is 5.73 Å². The lowest BCUT2D eigenvalue weighted by Crippen LogP contribution is -2.33. The maximum Gasteiger partial charge on any atom is 0.243 e. The summed E-state index contributed by atoms with van der Waals surface area (Å²) in [6.07, 6.45) is 5.38. The van der Waals surface area contributed by atoms with Gasteiger partial charge in [-0.2, -0.15) is 4.31 Å². The van der Waals surface area contributed by atoms with Crippen LogP contribution in [0.1, 0.15) is 43.2 Å². The molecule has 5 heteroatoms. The summed E-state index contributed by atoms with van der Waals surface area (Å²) in [7, 11) is -3.36. The van der Waals surface area contributed by atoms with E-state index in [-0.39, 0.29) is 0 Å².